The van der Waals surface area contributed by atoms with Gasteiger partial charge in [-0.15, -0.1) is 0 Å². The molecule has 1 saturated carbocycles. The molecule has 2 atom stereocenters. The molecule has 0 aromatic carbocycles. The predicted molar refractivity (Wildman–Crippen MR) is 55.1 cm³/mol. The van der Waals surface area contributed by atoms with E-state index in [-0.39, 0.29) is 6.03 Å². The highest BCUT2D eigenvalue weighted by Gasteiger charge is 2.26. The second-order valence-electron chi connectivity index (χ2n) is 4.47. The highest BCUT2D eigenvalue weighted by atomic mass is 16.2. The first-order valence-corrected chi connectivity index (χ1v) is 5.53. The molecule has 0 spiro atoms. The van der Waals surface area contributed by atoms with Crippen molar-refractivity contribution in [3.8, 4) is 0 Å². The lowest BCUT2D eigenvalue weighted by atomic mass is 9.95. The maximum atomic E-state index is 11.5. The largest absolute Gasteiger partial charge is 0.335 e. The van der Waals surface area contributed by atoms with Crippen LogP contribution >= 0.6 is 0 Å². The Kier molecular flexibility index (Phi) is 2.91. The summed E-state index contributed by atoms with van der Waals surface area (Å²) in [4.78, 5) is 11.5. The fraction of sp³-hybridized carbons (Fsp3) is 0.900. The van der Waals surface area contributed by atoms with E-state index in [1.165, 1.54) is 0 Å². The van der Waals surface area contributed by atoms with Crippen molar-refractivity contribution in [3.05, 3.63) is 0 Å². The number of piperidine rings is 1. The summed E-state index contributed by atoms with van der Waals surface area (Å²) in [6.45, 7) is 4.20. The van der Waals surface area contributed by atoms with Gasteiger partial charge in [-0.1, -0.05) is 6.92 Å². The SMILES string of the molecule is CC1CNCCC1NC(=O)NC1CC1. The Balaban J connectivity index is 1.73. The summed E-state index contributed by atoms with van der Waals surface area (Å²) in [5, 5.41) is 9.32. The molecule has 2 aliphatic rings. The summed E-state index contributed by atoms with van der Waals surface area (Å²) < 4.78 is 0. The number of hydrogen-bond acceptors (Lipinski definition) is 2. The molecule has 0 aromatic rings. The first-order valence-electron chi connectivity index (χ1n) is 5.53. The van der Waals surface area contributed by atoms with Gasteiger partial charge in [0.1, 0.15) is 0 Å². The van der Waals surface area contributed by atoms with E-state index in [2.05, 4.69) is 22.9 Å². The Morgan fingerprint density at radius 3 is 2.71 bits per heavy atom. The van der Waals surface area contributed by atoms with E-state index in [1.807, 2.05) is 0 Å². The van der Waals surface area contributed by atoms with Gasteiger partial charge < -0.3 is 16.0 Å². The normalized spacial score (nSPS) is 32.4. The third kappa shape index (κ3) is 2.61. The Bertz CT molecular complexity index is 215. The number of amides is 2. The molecular formula is C10H19N3O. The molecule has 2 fully saturated rings. The number of hydrogen-bond donors (Lipinski definition) is 3. The van der Waals surface area contributed by atoms with Crippen molar-refractivity contribution < 1.29 is 4.79 Å². The second-order valence-corrected chi connectivity index (χ2v) is 4.47. The van der Waals surface area contributed by atoms with E-state index in [0.29, 0.717) is 18.0 Å². The van der Waals surface area contributed by atoms with Gasteiger partial charge in [0.05, 0.1) is 0 Å². The van der Waals surface area contributed by atoms with Crippen LogP contribution in [0.15, 0.2) is 0 Å². The van der Waals surface area contributed by atoms with Gasteiger partial charge in [0.25, 0.3) is 0 Å². The summed E-state index contributed by atoms with van der Waals surface area (Å²) in [6, 6.07) is 0.813. The fourth-order valence-corrected chi connectivity index (χ4v) is 1.85. The van der Waals surface area contributed by atoms with Crippen LogP contribution in [0.3, 0.4) is 0 Å². The molecule has 80 valence electrons. The first-order chi connectivity index (χ1) is 6.75. The van der Waals surface area contributed by atoms with Crippen molar-refractivity contribution >= 4 is 6.03 Å². The lowest BCUT2D eigenvalue weighted by Crippen LogP contribution is -2.51. The van der Waals surface area contributed by atoms with Gasteiger partial charge in [0, 0.05) is 12.1 Å². The molecule has 3 N–H and O–H groups in total. The Labute approximate surface area is 84.8 Å². The maximum Gasteiger partial charge on any atom is 0.315 e. The van der Waals surface area contributed by atoms with E-state index in [4.69, 9.17) is 0 Å². The predicted octanol–water partition coefficient (Wildman–Crippen LogP) is 0.446. The van der Waals surface area contributed by atoms with Crippen LogP contribution in [0.5, 0.6) is 0 Å². The van der Waals surface area contributed by atoms with Crippen LogP contribution in [-0.4, -0.2) is 31.2 Å². The topological polar surface area (TPSA) is 53.2 Å². The zero-order valence-electron chi connectivity index (χ0n) is 8.68. The van der Waals surface area contributed by atoms with Gasteiger partial charge in [0.15, 0.2) is 0 Å². The molecule has 4 nitrogen and oxygen atoms in total. The van der Waals surface area contributed by atoms with E-state index in [1.54, 1.807) is 0 Å². The van der Waals surface area contributed by atoms with Crippen LogP contribution in [0, 0.1) is 5.92 Å². The summed E-state index contributed by atoms with van der Waals surface area (Å²) >= 11 is 0. The minimum Gasteiger partial charge on any atom is -0.335 e. The Morgan fingerprint density at radius 1 is 1.29 bits per heavy atom. The van der Waals surface area contributed by atoms with Gasteiger partial charge in [-0.05, 0) is 38.3 Å². The minimum atomic E-state index is 0.0197. The number of carbonyl (C=O) groups excluding carboxylic acids is 1. The number of carbonyl (C=O) groups is 1. The molecule has 0 bridgehead atoms. The fourth-order valence-electron chi connectivity index (χ4n) is 1.85. The zero-order chi connectivity index (χ0) is 9.97. The highest BCUT2D eigenvalue weighted by molar-refractivity contribution is 5.74. The standard InChI is InChI=1S/C10H19N3O/c1-7-6-11-5-4-9(7)13-10(14)12-8-2-3-8/h7-9,11H,2-6H2,1H3,(H2,12,13,14). The van der Waals surface area contributed by atoms with Crippen molar-refractivity contribution in [1.82, 2.24) is 16.0 Å². The molecule has 2 amide bonds. The van der Waals surface area contributed by atoms with Gasteiger partial charge >= 0.3 is 6.03 Å². The molecule has 14 heavy (non-hydrogen) atoms. The first kappa shape index (κ1) is 9.77. The lowest BCUT2D eigenvalue weighted by molar-refractivity contribution is 0.224. The van der Waals surface area contributed by atoms with Crippen molar-refractivity contribution in [2.75, 3.05) is 13.1 Å². The molecule has 1 aliphatic heterocycles. The third-order valence-electron chi connectivity index (χ3n) is 3.01. The molecule has 1 heterocycles. The van der Waals surface area contributed by atoms with Crippen molar-refractivity contribution in [3.63, 3.8) is 0 Å². The van der Waals surface area contributed by atoms with Crippen LogP contribution in [0.25, 0.3) is 0 Å². The number of rotatable bonds is 2. The van der Waals surface area contributed by atoms with Gasteiger partial charge in [-0.2, -0.15) is 0 Å². The number of urea groups is 1. The molecular weight excluding hydrogens is 178 g/mol. The third-order valence-corrected chi connectivity index (χ3v) is 3.01. The molecule has 2 rings (SSSR count). The van der Waals surface area contributed by atoms with Gasteiger partial charge in [-0.25, -0.2) is 4.79 Å². The smallest absolute Gasteiger partial charge is 0.315 e. The molecule has 0 aromatic heterocycles. The minimum absolute atomic E-state index is 0.0197. The molecule has 1 aliphatic carbocycles. The Morgan fingerprint density at radius 2 is 2.07 bits per heavy atom. The van der Waals surface area contributed by atoms with E-state index in [9.17, 15) is 4.79 Å². The molecule has 4 heteroatoms. The van der Waals surface area contributed by atoms with Crippen LogP contribution in [0.4, 0.5) is 4.79 Å². The monoisotopic (exact) mass is 197 g/mol. The summed E-state index contributed by atoms with van der Waals surface area (Å²) in [5.74, 6) is 0.536. The zero-order valence-corrected chi connectivity index (χ0v) is 8.68. The van der Waals surface area contributed by atoms with Crippen molar-refractivity contribution in [2.24, 2.45) is 5.92 Å². The molecule has 1 saturated heterocycles. The lowest BCUT2D eigenvalue weighted by Gasteiger charge is -2.30. The molecule has 2 unspecified atom stereocenters. The van der Waals surface area contributed by atoms with Crippen LogP contribution in [0.2, 0.25) is 0 Å². The van der Waals surface area contributed by atoms with E-state index in [0.717, 1.165) is 32.4 Å². The molecule has 0 radical (unpaired) electrons. The summed E-state index contributed by atoms with van der Waals surface area (Å²) in [5.41, 5.74) is 0. The van der Waals surface area contributed by atoms with Crippen molar-refractivity contribution in [1.29, 1.82) is 0 Å². The quantitative estimate of drug-likeness (QED) is 0.602. The van der Waals surface area contributed by atoms with Crippen LogP contribution < -0.4 is 16.0 Å². The second kappa shape index (κ2) is 4.17. The van der Waals surface area contributed by atoms with Crippen LogP contribution in [-0.2, 0) is 0 Å². The van der Waals surface area contributed by atoms with Gasteiger partial charge in [-0.3, -0.25) is 0 Å². The average Bonchev–Trinajstić information content (AvgIpc) is 2.93. The maximum absolute atomic E-state index is 11.5. The summed E-state index contributed by atoms with van der Waals surface area (Å²) in [7, 11) is 0. The van der Waals surface area contributed by atoms with Crippen LogP contribution in [0.1, 0.15) is 26.2 Å². The Hall–Kier alpha value is -0.770. The number of nitrogens with one attached hydrogen (secondary N) is 3. The highest BCUT2D eigenvalue weighted by Crippen LogP contribution is 2.18. The van der Waals surface area contributed by atoms with E-state index >= 15 is 0 Å². The average molecular weight is 197 g/mol. The summed E-state index contributed by atoms with van der Waals surface area (Å²) in [6.07, 6.45) is 3.34. The van der Waals surface area contributed by atoms with Gasteiger partial charge in [0.2, 0.25) is 0 Å². The van der Waals surface area contributed by atoms with E-state index < -0.39 is 0 Å². The van der Waals surface area contributed by atoms with Crippen molar-refractivity contribution in [2.45, 2.75) is 38.3 Å².